The van der Waals surface area contributed by atoms with E-state index in [0.717, 1.165) is 96.3 Å². The molecule has 0 bridgehead atoms. The molecule has 3 atom stereocenters. The zero-order chi connectivity index (χ0) is 51.5. The Morgan fingerprint density at radius 3 is 1.50 bits per heavy atom. The first-order valence-corrected chi connectivity index (χ1v) is 30.2. The van der Waals surface area contributed by atoms with Crippen molar-refractivity contribution in [2.75, 3.05) is 40.9 Å². The first-order chi connectivity index (χ1) is 33.9. The van der Waals surface area contributed by atoms with Crippen molar-refractivity contribution < 1.29 is 37.3 Å². The fraction of sp³-hybridized carbons (Fsp3) is 0.767. The number of esters is 1. The molecule has 3 unspecified atom stereocenters. The Morgan fingerprint density at radius 1 is 0.529 bits per heavy atom. The van der Waals surface area contributed by atoms with Crippen molar-refractivity contribution in [3.8, 4) is 0 Å². The van der Waals surface area contributed by atoms with Gasteiger partial charge in [0.15, 0.2) is 0 Å². The predicted octanol–water partition coefficient (Wildman–Crippen LogP) is 16.6. The SMILES string of the molecule is CC/C=C/C=C/C=C\CCCCCCCC(=O)NC(COP(=O)([O-])OCC[N+](C)(C)C)C(/C=C\CCCCCCCCCCCC)OC(=O)CCCCCCCCCCC/C=C\C/C=C\CCCCC. The van der Waals surface area contributed by atoms with Gasteiger partial charge in [-0.15, -0.1) is 0 Å². The van der Waals surface area contributed by atoms with Crippen molar-refractivity contribution in [3.05, 3.63) is 72.9 Å². The van der Waals surface area contributed by atoms with Crippen molar-refractivity contribution in [1.82, 2.24) is 5.32 Å². The Balaban J connectivity index is 5.33. The highest BCUT2D eigenvalue weighted by atomic mass is 31.2. The molecule has 0 aliphatic rings. The largest absolute Gasteiger partial charge is 0.756 e. The van der Waals surface area contributed by atoms with Crippen LogP contribution in [0.5, 0.6) is 0 Å². The van der Waals surface area contributed by atoms with Crippen LogP contribution in [-0.2, 0) is 27.9 Å². The summed E-state index contributed by atoms with van der Waals surface area (Å²) in [5.41, 5.74) is 0. The van der Waals surface area contributed by atoms with Crippen molar-refractivity contribution in [2.45, 2.75) is 258 Å². The lowest BCUT2D eigenvalue weighted by Gasteiger charge is -2.30. The maximum Gasteiger partial charge on any atom is 0.306 e. The van der Waals surface area contributed by atoms with E-state index < -0.39 is 26.6 Å². The lowest BCUT2D eigenvalue weighted by molar-refractivity contribution is -0.870. The smallest absolute Gasteiger partial charge is 0.306 e. The summed E-state index contributed by atoms with van der Waals surface area (Å²) in [7, 11) is 1.16. The number of hydrogen-bond donors (Lipinski definition) is 1. The van der Waals surface area contributed by atoms with Gasteiger partial charge in [0.1, 0.15) is 19.3 Å². The zero-order valence-electron chi connectivity index (χ0n) is 46.2. The third kappa shape index (κ3) is 50.4. The number of quaternary nitrogens is 1. The van der Waals surface area contributed by atoms with Crippen molar-refractivity contribution in [2.24, 2.45) is 0 Å². The Labute approximate surface area is 432 Å². The molecule has 0 spiro atoms. The highest BCUT2D eigenvalue weighted by molar-refractivity contribution is 7.45. The second kappa shape index (κ2) is 50.0. The third-order valence-corrected chi connectivity index (χ3v) is 13.4. The molecule has 1 amide bonds. The van der Waals surface area contributed by atoms with E-state index in [1.54, 1.807) is 0 Å². The number of nitrogens with one attached hydrogen (secondary N) is 1. The van der Waals surface area contributed by atoms with Crippen LogP contribution in [0.4, 0.5) is 0 Å². The molecule has 10 heteroatoms. The molecular weight excluding hydrogens is 892 g/mol. The molecule has 0 aromatic heterocycles. The molecule has 0 saturated carbocycles. The monoisotopic (exact) mass is 1000 g/mol. The molecule has 0 aromatic carbocycles. The van der Waals surface area contributed by atoms with Crippen LogP contribution in [-0.4, -0.2) is 69.4 Å². The summed E-state index contributed by atoms with van der Waals surface area (Å²) in [6.07, 6.45) is 62.9. The number of phosphoric ester groups is 1. The zero-order valence-corrected chi connectivity index (χ0v) is 47.1. The highest BCUT2D eigenvalue weighted by Gasteiger charge is 2.27. The van der Waals surface area contributed by atoms with Gasteiger partial charge in [-0.3, -0.25) is 14.2 Å². The summed E-state index contributed by atoms with van der Waals surface area (Å²) in [5.74, 6) is -0.571. The third-order valence-electron chi connectivity index (χ3n) is 12.4. The number of phosphoric acid groups is 1. The number of nitrogens with zero attached hydrogens (tertiary/aromatic N) is 1. The summed E-state index contributed by atoms with van der Waals surface area (Å²) in [6, 6.07) is -0.902. The number of hydrogen-bond acceptors (Lipinski definition) is 7. The van der Waals surface area contributed by atoms with E-state index in [2.05, 4.69) is 80.8 Å². The summed E-state index contributed by atoms with van der Waals surface area (Å²) in [5, 5.41) is 3.00. The molecule has 0 rings (SSSR count). The summed E-state index contributed by atoms with van der Waals surface area (Å²) in [6.45, 7) is 6.66. The van der Waals surface area contributed by atoms with E-state index in [-0.39, 0.29) is 24.9 Å². The number of rotatable bonds is 51. The Hall–Kier alpha value is -2.55. The van der Waals surface area contributed by atoms with Crippen LogP contribution >= 0.6 is 7.82 Å². The lowest BCUT2D eigenvalue weighted by Crippen LogP contribution is -2.47. The maximum atomic E-state index is 13.5. The van der Waals surface area contributed by atoms with E-state index in [4.69, 9.17) is 13.8 Å². The van der Waals surface area contributed by atoms with Crippen molar-refractivity contribution in [3.63, 3.8) is 0 Å². The molecule has 9 nitrogen and oxygen atoms in total. The second-order valence-electron chi connectivity index (χ2n) is 20.5. The summed E-state index contributed by atoms with van der Waals surface area (Å²) in [4.78, 5) is 39.8. The van der Waals surface area contributed by atoms with Gasteiger partial charge < -0.3 is 28.5 Å². The van der Waals surface area contributed by atoms with Crippen LogP contribution in [0.1, 0.15) is 245 Å². The van der Waals surface area contributed by atoms with Gasteiger partial charge in [0.2, 0.25) is 5.91 Å². The number of ether oxygens (including phenoxy) is 1. The van der Waals surface area contributed by atoms with Gasteiger partial charge in [0.05, 0.1) is 33.8 Å². The Morgan fingerprint density at radius 2 is 0.971 bits per heavy atom. The maximum absolute atomic E-state index is 13.5. The first-order valence-electron chi connectivity index (χ1n) is 28.8. The molecule has 0 aliphatic heterocycles. The van der Waals surface area contributed by atoms with E-state index in [0.29, 0.717) is 23.9 Å². The minimum atomic E-state index is -4.70. The van der Waals surface area contributed by atoms with Gasteiger partial charge in [0.25, 0.3) is 7.82 Å². The van der Waals surface area contributed by atoms with Crippen LogP contribution in [0.15, 0.2) is 72.9 Å². The van der Waals surface area contributed by atoms with Gasteiger partial charge in [-0.2, -0.15) is 0 Å². The van der Waals surface area contributed by atoms with Crippen LogP contribution < -0.4 is 10.2 Å². The summed E-state index contributed by atoms with van der Waals surface area (Å²) < 4.78 is 30.2. The topological polar surface area (TPSA) is 114 Å². The first kappa shape index (κ1) is 67.5. The quantitative estimate of drug-likeness (QED) is 0.0161. The summed E-state index contributed by atoms with van der Waals surface area (Å²) >= 11 is 0. The van der Waals surface area contributed by atoms with Crippen LogP contribution in [0.2, 0.25) is 0 Å². The molecule has 0 aliphatic carbocycles. The van der Waals surface area contributed by atoms with E-state index in [9.17, 15) is 19.0 Å². The highest BCUT2D eigenvalue weighted by Crippen LogP contribution is 2.38. The molecule has 1 N–H and O–H groups in total. The number of carbonyl (C=O) groups is 2. The molecular formula is C60H109N2O7P. The van der Waals surface area contributed by atoms with Crippen LogP contribution in [0, 0.1) is 0 Å². The molecule has 0 radical (unpaired) electrons. The fourth-order valence-electron chi connectivity index (χ4n) is 7.96. The van der Waals surface area contributed by atoms with Gasteiger partial charge in [-0.1, -0.05) is 222 Å². The predicted molar refractivity (Wildman–Crippen MR) is 298 cm³/mol. The second-order valence-corrected chi connectivity index (χ2v) is 21.9. The molecule has 0 fully saturated rings. The van der Waals surface area contributed by atoms with Crippen molar-refractivity contribution in [1.29, 1.82) is 0 Å². The number of likely N-dealkylation sites (N-methyl/N-ethyl adjacent to an activating group) is 1. The normalized spacial score (nSPS) is 14.3. The van der Waals surface area contributed by atoms with Crippen LogP contribution in [0.25, 0.3) is 0 Å². The van der Waals surface area contributed by atoms with Gasteiger partial charge >= 0.3 is 5.97 Å². The van der Waals surface area contributed by atoms with Gasteiger partial charge in [-0.25, -0.2) is 0 Å². The Bertz CT molecular complexity index is 1430. The molecule has 0 aromatic rings. The van der Waals surface area contributed by atoms with Gasteiger partial charge in [-0.05, 0) is 83.1 Å². The fourth-order valence-corrected chi connectivity index (χ4v) is 8.69. The van der Waals surface area contributed by atoms with Crippen LogP contribution in [0.3, 0.4) is 0 Å². The van der Waals surface area contributed by atoms with E-state index in [1.165, 1.54) is 109 Å². The molecule has 0 heterocycles. The number of allylic oxidation sites excluding steroid dienone is 11. The minimum Gasteiger partial charge on any atom is -0.756 e. The number of amides is 1. The lowest BCUT2D eigenvalue weighted by atomic mass is 10.0. The number of carbonyl (C=O) groups excluding carboxylic acids is 2. The standard InChI is InChI=1S/C60H109N2O7P/c1-7-10-13-16-19-22-25-28-29-30-31-32-33-35-38-41-44-47-50-53-60(64)69-58(51-48-45-42-39-36-27-24-21-18-15-12-9-3)57(56-68-70(65,66)67-55-54-62(4,5)6)61-59(63)52-49-46-43-40-37-34-26-23-20-17-14-11-8-2/h11,14,17,19-20,22-23,26,28-29,48,51,57-58H,7-10,12-13,15-16,18,21,24-25,27,30-47,49-50,52-56H2,1-6H3,(H-,61,63,65,66)/b14-11+,20-17+,22-19-,26-23-,29-28-,51-48-. The van der Waals surface area contributed by atoms with Gasteiger partial charge in [0, 0.05) is 12.8 Å². The van der Waals surface area contributed by atoms with E-state index in [1.807, 2.05) is 39.4 Å². The Kier molecular flexibility index (Phi) is 48.2. The molecule has 406 valence electrons. The molecule has 70 heavy (non-hydrogen) atoms. The van der Waals surface area contributed by atoms with Crippen molar-refractivity contribution >= 4 is 19.7 Å². The molecule has 0 saturated heterocycles. The minimum absolute atomic E-state index is 0.0297. The number of unbranched alkanes of at least 4 members (excludes halogenated alkanes) is 27. The average molecular weight is 1000 g/mol. The average Bonchev–Trinajstić information content (AvgIpc) is 3.32. The van der Waals surface area contributed by atoms with E-state index >= 15 is 0 Å².